The molecule has 9 nitrogen and oxygen atoms in total. The van der Waals surface area contributed by atoms with E-state index in [0.717, 1.165) is 27.6 Å². The highest BCUT2D eigenvalue weighted by Gasteiger charge is 2.45. The number of anilines is 1. The molecule has 0 fully saturated rings. The molecule has 3 aromatic rings. The van der Waals surface area contributed by atoms with Crippen molar-refractivity contribution in [2.24, 2.45) is 0 Å². The number of rotatable bonds is 2. The summed E-state index contributed by atoms with van der Waals surface area (Å²) in [5.74, 6) is -0.889. The van der Waals surface area contributed by atoms with Crippen molar-refractivity contribution in [1.29, 1.82) is 0 Å². The van der Waals surface area contributed by atoms with Crippen molar-refractivity contribution in [2.75, 3.05) is 5.73 Å². The lowest BCUT2D eigenvalue weighted by Crippen LogP contribution is -2.44. The molecule has 0 saturated heterocycles. The van der Waals surface area contributed by atoms with Gasteiger partial charge in [-0.1, -0.05) is 6.92 Å². The maximum absolute atomic E-state index is 13.5. The molecule has 2 aromatic heterocycles. The van der Waals surface area contributed by atoms with Crippen molar-refractivity contribution in [3.05, 3.63) is 56.4 Å². The molecule has 4 N–H and O–H groups in total. The first-order valence-electron chi connectivity index (χ1n) is 11.4. The van der Waals surface area contributed by atoms with Gasteiger partial charge in [-0.2, -0.15) is 0 Å². The summed E-state index contributed by atoms with van der Waals surface area (Å²) in [6, 6.07) is 5.16. The fourth-order valence-corrected chi connectivity index (χ4v) is 5.77. The van der Waals surface area contributed by atoms with Gasteiger partial charge in [-0.15, -0.1) is 0 Å². The molecule has 1 amide bonds. The molecule has 0 bridgehead atoms. The molecule has 6 rings (SSSR count). The average Bonchev–Trinajstić information content (AvgIpc) is 3.18. The van der Waals surface area contributed by atoms with Crippen molar-refractivity contribution < 1.29 is 19.4 Å². The van der Waals surface area contributed by atoms with Crippen LogP contribution in [0.1, 0.15) is 60.5 Å². The number of nitrogens with zero attached hydrogens (tertiary/aromatic N) is 2. The lowest BCUT2D eigenvalue weighted by atomic mass is 9.82. The van der Waals surface area contributed by atoms with Gasteiger partial charge in [0.15, 0.2) is 5.60 Å². The number of nitrogen functional groups attached to an aromatic ring is 1. The Hall–Kier alpha value is -3.72. The topological polar surface area (TPSA) is 137 Å². The van der Waals surface area contributed by atoms with Gasteiger partial charge in [0.2, 0.25) is 5.91 Å². The maximum atomic E-state index is 13.5. The fraction of sp³-hybridized carbons (Fsp3) is 0.360. The molecule has 3 aliphatic rings. The van der Waals surface area contributed by atoms with E-state index in [2.05, 4.69) is 5.32 Å². The molecule has 34 heavy (non-hydrogen) atoms. The molecule has 1 aromatic carbocycles. The van der Waals surface area contributed by atoms with E-state index in [1.807, 2.05) is 12.1 Å². The number of aliphatic hydroxyl groups is 1. The Bertz CT molecular complexity index is 1510. The molecule has 1 aliphatic carbocycles. The third-order valence-corrected chi connectivity index (χ3v) is 7.45. The van der Waals surface area contributed by atoms with Crippen LogP contribution in [0.5, 0.6) is 0 Å². The summed E-state index contributed by atoms with van der Waals surface area (Å²) in [5.41, 5.74) is 10.0. The van der Waals surface area contributed by atoms with Gasteiger partial charge in [-0.25, -0.2) is 9.78 Å². The number of cyclic esters (lactones) is 1. The van der Waals surface area contributed by atoms with E-state index < -0.39 is 11.6 Å². The van der Waals surface area contributed by atoms with E-state index in [1.165, 1.54) is 6.92 Å². The quantitative estimate of drug-likeness (QED) is 0.306. The second kappa shape index (κ2) is 6.89. The normalized spacial score (nSPS) is 22.1. The third-order valence-electron chi connectivity index (χ3n) is 7.45. The van der Waals surface area contributed by atoms with Crippen molar-refractivity contribution >= 4 is 28.5 Å². The molecular formula is C25H24N4O5. The summed E-state index contributed by atoms with van der Waals surface area (Å²) in [4.78, 5) is 42.9. The first-order chi connectivity index (χ1) is 16.2. The number of ether oxygens (including phenoxy) is 1. The van der Waals surface area contributed by atoms with Crippen LogP contribution in [-0.2, 0) is 39.5 Å². The van der Waals surface area contributed by atoms with Crippen molar-refractivity contribution in [3.8, 4) is 11.4 Å². The molecule has 2 atom stereocenters. The Morgan fingerprint density at radius 1 is 1.32 bits per heavy atom. The maximum Gasteiger partial charge on any atom is 0.343 e. The zero-order valence-corrected chi connectivity index (χ0v) is 18.9. The van der Waals surface area contributed by atoms with E-state index in [9.17, 15) is 19.5 Å². The lowest BCUT2D eigenvalue weighted by molar-refractivity contribution is -0.172. The summed E-state index contributed by atoms with van der Waals surface area (Å²) in [6.45, 7) is 3.26. The number of aryl methyl sites for hydroxylation is 1. The number of carbonyl (C=O) groups excluding carboxylic acids is 2. The van der Waals surface area contributed by atoms with Crippen LogP contribution in [0.25, 0.3) is 22.3 Å². The molecule has 4 heterocycles. The second-order valence-electron chi connectivity index (χ2n) is 9.27. The van der Waals surface area contributed by atoms with Crippen LogP contribution in [-0.4, -0.2) is 26.5 Å². The number of amides is 1. The Balaban J connectivity index is 1.67. The number of nitrogens with two attached hydrogens (primary N) is 1. The van der Waals surface area contributed by atoms with E-state index >= 15 is 0 Å². The standard InChI is InChI=1S/C25H24N4O5/c1-3-25(33)15-8-19-22-13(9-29(19)23(31)14(15)10-34-24(25)32)21-17(27-11(2)30)6-4-12-16(26)5-7-18(28-22)20(12)21/h5,7-8,17,33H,3-4,6,9-10,26H2,1-2H3,(H,27,30)/t17?,25-/m0/s1. The van der Waals surface area contributed by atoms with Crippen molar-refractivity contribution in [2.45, 2.75) is 57.9 Å². The number of aromatic nitrogens is 2. The van der Waals surface area contributed by atoms with E-state index in [4.69, 9.17) is 15.5 Å². The SMILES string of the molecule is CC[C@@]1(O)C(=O)OCc2c1cc1n(c2=O)Cc2c-1nc1ccc(N)c3c1c2C(NC(C)=O)CC3. The van der Waals surface area contributed by atoms with Gasteiger partial charge in [0.25, 0.3) is 5.56 Å². The minimum atomic E-state index is -1.88. The third kappa shape index (κ3) is 2.58. The highest BCUT2D eigenvalue weighted by Crippen LogP contribution is 2.45. The lowest BCUT2D eigenvalue weighted by Gasteiger charge is -2.31. The largest absolute Gasteiger partial charge is 0.458 e. The Kier molecular flexibility index (Phi) is 4.23. The van der Waals surface area contributed by atoms with Gasteiger partial charge in [-0.05, 0) is 48.6 Å². The molecular weight excluding hydrogens is 436 g/mol. The fourth-order valence-electron chi connectivity index (χ4n) is 5.77. The number of benzene rings is 1. The number of carbonyl (C=O) groups is 2. The first kappa shape index (κ1) is 20.9. The van der Waals surface area contributed by atoms with Gasteiger partial charge in [0, 0.05) is 29.1 Å². The smallest absolute Gasteiger partial charge is 0.343 e. The summed E-state index contributed by atoms with van der Waals surface area (Å²) in [6.07, 6.45) is 1.48. The van der Waals surface area contributed by atoms with Gasteiger partial charge >= 0.3 is 5.97 Å². The molecule has 174 valence electrons. The van der Waals surface area contributed by atoms with Crippen LogP contribution >= 0.6 is 0 Å². The van der Waals surface area contributed by atoms with E-state index in [1.54, 1.807) is 17.6 Å². The molecule has 9 heteroatoms. The predicted molar refractivity (Wildman–Crippen MR) is 124 cm³/mol. The Morgan fingerprint density at radius 2 is 2.12 bits per heavy atom. The number of fused-ring (bicyclic) bond motifs is 5. The Morgan fingerprint density at radius 3 is 2.85 bits per heavy atom. The number of pyridine rings is 2. The summed E-state index contributed by atoms with van der Waals surface area (Å²) in [7, 11) is 0. The Labute approximate surface area is 194 Å². The minimum Gasteiger partial charge on any atom is -0.458 e. The average molecular weight is 460 g/mol. The predicted octanol–water partition coefficient (Wildman–Crippen LogP) is 1.79. The molecule has 0 saturated carbocycles. The van der Waals surface area contributed by atoms with Crippen molar-refractivity contribution in [1.82, 2.24) is 14.9 Å². The number of nitrogens with one attached hydrogen (secondary N) is 1. The summed E-state index contributed by atoms with van der Waals surface area (Å²) >= 11 is 0. The van der Waals surface area contributed by atoms with E-state index in [-0.39, 0.29) is 48.2 Å². The van der Waals surface area contributed by atoms with Crippen LogP contribution in [0.2, 0.25) is 0 Å². The second-order valence-corrected chi connectivity index (χ2v) is 9.27. The molecule has 1 unspecified atom stereocenters. The number of esters is 1. The van der Waals surface area contributed by atoms with E-state index in [0.29, 0.717) is 29.9 Å². The van der Waals surface area contributed by atoms with Crippen LogP contribution in [0.4, 0.5) is 5.69 Å². The zero-order valence-electron chi connectivity index (χ0n) is 18.9. The number of hydrogen-bond donors (Lipinski definition) is 3. The first-order valence-corrected chi connectivity index (χ1v) is 11.4. The van der Waals surface area contributed by atoms with Gasteiger partial charge < -0.3 is 25.5 Å². The van der Waals surface area contributed by atoms with Gasteiger partial charge in [-0.3, -0.25) is 9.59 Å². The van der Waals surface area contributed by atoms with Crippen LogP contribution in [0.15, 0.2) is 23.0 Å². The highest BCUT2D eigenvalue weighted by atomic mass is 16.6. The molecule has 0 spiro atoms. The van der Waals surface area contributed by atoms with Gasteiger partial charge in [0.05, 0.1) is 35.1 Å². The van der Waals surface area contributed by atoms with Crippen LogP contribution < -0.4 is 16.6 Å². The highest BCUT2D eigenvalue weighted by molar-refractivity contribution is 5.95. The summed E-state index contributed by atoms with van der Waals surface area (Å²) < 4.78 is 6.77. The van der Waals surface area contributed by atoms with Gasteiger partial charge in [0.1, 0.15) is 6.61 Å². The monoisotopic (exact) mass is 460 g/mol. The van der Waals surface area contributed by atoms with Crippen molar-refractivity contribution in [3.63, 3.8) is 0 Å². The van der Waals surface area contributed by atoms with Crippen LogP contribution in [0.3, 0.4) is 0 Å². The molecule has 2 aliphatic heterocycles. The molecule has 0 radical (unpaired) electrons. The zero-order chi connectivity index (χ0) is 23.9. The van der Waals surface area contributed by atoms with Crippen LogP contribution in [0, 0.1) is 0 Å². The summed E-state index contributed by atoms with van der Waals surface area (Å²) in [5, 5.41) is 15.1. The minimum absolute atomic E-state index is 0.0816. The number of hydrogen-bond acceptors (Lipinski definition) is 7.